The standard InChI is InChI=1S/C45H40O2/c1-25-16-17-33(18-26(25)2)46-34-19-31(7)32(8)37(24-34)35-13-11-15-39-44(35)36-12-9-10-14-38(36)45(39)40-20-27(3)29(5)22-42(40)47-43-23-30(6)28(4)21-41(43)45/h9-24H,1-8H3. The molecule has 1 aliphatic carbocycles. The van der Waals surface area contributed by atoms with E-state index in [-0.39, 0.29) is 0 Å². The van der Waals surface area contributed by atoms with Crippen LogP contribution < -0.4 is 9.47 Å². The third-order valence-corrected chi connectivity index (χ3v) is 10.9. The first kappa shape index (κ1) is 29.3. The van der Waals surface area contributed by atoms with Gasteiger partial charge in [0, 0.05) is 11.1 Å². The van der Waals surface area contributed by atoms with Crippen LogP contribution in [-0.4, -0.2) is 0 Å². The van der Waals surface area contributed by atoms with Crippen molar-refractivity contribution >= 4 is 0 Å². The van der Waals surface area contributed by atoms with Gasteiger partial charge in [0.2, 0.25) is 0 Å². The molecule has 232 valence electrons. The number of fused-ring (bicyclic) bond motifs is 9. The van der Waals surface area contributed by atoms with Crippen LogP contribution in [0.1, 0.15) is 66.8 Å². The molecule has 0 fully saturated rings. The second-order valence-corrected chi connectivity index (χ2v) is 13.8. The Morgan fingerprint density at radius 1 is 0.426 bits per heavy atom. The van der Waals surface area contributed by atoms with Crippen molar-refractivity contribution in [3.63, 3.8) is 0 Å². The van der Waals surface area contributed by atoms with Gasteiger partial charge in [0.25, 0.3) is 0 Å². The zero-order valence-electron chi connectivity index (χ0n) is 28.6. The van der Waals surface area contributed by atoms with Crippen molar-refractivity contribution < 1.29 is 9.47 Å². The highest BCUT2D eigenvalue weighted by atomic mass is 16.5. The van der Waals surface area contributed by atoms with Crippen LogP contribution in [-0.2, 0) is 5.41 Å². The topological polar surface area (TPSA) is 18.5 Å². The van der Waals surface area contributed by atoms with E-state index < -0.39 is 5.41 Å². The van der Waals surface area contributed by atoms with Gasteiger partial charge in [-0.3, -0.25) is 0 Å². The van der Waals surface area contributed by atoms with Crippen molar-refractivity contribution in [2.45, 2.75) is 60.8 Å². The van der Waals surface area contributed by atoms with Crippen molar-refractivity contribution in [1.82, 2.24) is 0 Å². The number of benzene rings is 6. The van der Waals surface area contributed by atoms with Crippen LogP contribution in [0, 0.1) is 55.4 Å². The lowest BCUT2D eigenvalue weighted by Crippen LogP contribution is -2.32. The Balaban J connectivity index is 1.43. The molecule has 2 heteroatoms. The highest BCUT2D eigenvalue weighted by Crippen LogP contribution is 2.64. The molecular weight excluding hydrogens is 572 g/mol. The monoisotopic (exact) mass is 612 g/mol. The summed E-state index contributed by atoms with van der Waals surface area (Å²) in [6, 6.07) is 35.8. The van der Waals surface area contributed by atoms with Crippen LogP contribution in [0.5, 0.6) is 23.0 Å². The third kappa shape index (κ3) is 4.24. The fourth-order valence-corrected chi connectivity index (χ4v) is 7.81. The summed E-state index contributed by atoms with van der Waals surface area (Å²) in [5, 5.41) is 0. The zero-order chi connectivity index (χ0) is 32.8. The summed E-state index contributed by atoms with van der Waals surface area (Å²) >= 11 is 0. The normalized spacial score (nSPS) is 13.4. The number of ether oxygens (including phenoxy) is 2. The van der Waals surface area contributed by atoms with Crippen molar-refractivity contribution in [2.75, 3.05) is 0 Å². The van der Waals surface area contributed by atoms with Crippen LogP contribution >= 0.6 is 0 Å². The van der Waals surface area contributed by atoms with Gasteiger partial charge in [-0.05, 0) is 170 Å². The molecule has 47 heavy (non-hydrogen) atoms. The minimum Gasteiger partial charge on any atom is -0.457 e. The Kier molecular flexibility index (Phi) is 6.53. The summed E-state index contributed by atoms with van der Waals surface area (Å²) < 4.78 is 13.3. The van der Waals surface area contributed by atoms with Gasteiger partial charge in [0.15, 0.2) is 0 Å². The molecule has 0 saturated carbocycles. The quantitative estimate of drug-likeness (QED) is 0.198. The fraction of sp³-hybridized carbons (Fsp3) is 0.200. The lowest BCUT2D eigenvalue weighted by atomic mass is 9.65. The molecule has 0 saturated heterocycles. The van der Waals surface area contributed by atoms with E-state index in [9.17, 15) is 0 Å². The van der Waals surface area contributed by atoms with Crippen molar-refractivity contribution in [3.8, 4) is 45.3 Å². The lowest BCUT2D eigenvalue weighted by Gasteiger charge is -2.40. The lowest BCUT2D eigenvalue weighted by molar-refractivity contribution is 0.435. The van der Waals surface area contributed by atoms with E-state index in [1.165, 1.54) is 89.0 Å². The largest absolute Gasteiger partial charge is 0.457 e. The van der Waals surface area contributed by atoms with Gasteiger partial charge in [0.1, 0.15) is 23.0 Å². The molecular formula is C45H40O2. The van der Waals surface area contributed by atoms with Gasteiger partial charge in [-0.2, -0.15) is 0 Å². The molecule has 8 rings (SSSR count). The molecule has 0 N–H and O–H groups in total. The van der Waals surface area contributed by atoms with E-state index in [4.69, 9.17) is 9.47 Å². The smallest absolute Gasteiger partial charge is 0.132 e. The van der Waals surface area contributed by atoms with Gasteiger partial charge in [-0.15, -0.1) is 0 Å². The second-order valence-electron chi connectivity index (χ2n) is 13.8. The molecule has 2 aliphatic rings. The molecule has 1 heterocycles. The number of hydrogen-bond donors (Lipinski definition) is 0. The van der Waals surface area contributed by atoms with E-state index in [1.807, 2.05) is 0 Å². The zero-order valence-corrected chi connectivity index (χ0v) is 28.6. The molecule has 0 aromatic heterocycles. The summed E-state index contributed by atoms with van der Waals surface area (Å²) in [7, 11) is 0. The number of hydrogen-bond acceptors (Lipinski definition) is 2. The molecule has 0 radical (unpaired) electrons. The molecule has 0 bridgehead atoms. The minimum absolute atomic E-state index is 0.516. The van der Waals surface area contributed by atoms with Gasteiger partial charge in [0.05, 0.1) is 5.41 Å². The minimum atomic E-state index is -0.516. The van der Waals surface area contributed by atoms with E-state index in [0.29, 0.717) is 0 Å². The fourth-order valence-electron chi connectivity index (χ4n) is 7.81. The molecule has 0 amide bonds. The second kappa shape index (κ2) is 10.5. The average Bonchev–Trinajstić information content (AvgIpc) is 3.34. The van der Waals surface area contributed by atoms with Crippen LogP contribution in [0.4, 0.5) is 0 Å². The van der Waals surface area contributed by atoms with E-state index >= 15 is 0 Å². The summed E-state index contributed by atoms with van der Waals surface area (Å²) in [5.41, 5.74) is 19.4. The van der Waals surface area contributed by atoms with Crippen molar-refractivity contribution in [3.05, 3.63) is 164 Å². The highest BCUT2D eigenvalue weighted by Gasteiger charge is 2.52. The van der Waals surface area contributed by atoms with Crippen LogP contribution in [0.25, 0.3) is 22.3 Å². The van der Waals surface area contributed by atoms with E-state index in [0.717, 1.165) is 23.0 Å². The maximum atomic E-state index is 6.79. The first-order valence-corrected chi connectivity index (χ1v) is 16.6. The maximum Gasteiger partial charge on any atom is 0.132 e. The van der Waals surface area contributed by atoms with E-state index in [1.54, 1.807) is 0 Å². The Morgan fingerprint density at radius 2 is 1.00 bits per heavy atom. The molecule has 6 aromatic carbocycles. The van der Waals surface area contributed by atoms with Crippen LogP contribution in [0.15, 0.2) is 97.1 Å². The summed E-state index contributed by atoms with van der Waals surface area (Å²) in [4.78, 5) is 0. The Hall–Kier alpha value is -5.08. The summed E-state index contributed by atoms with van der Waals surface area (Å²) in [6.07, 6.45) is 0. The predicted molar refractivity (Wildman–Crippen MR) is 194 cm³/mol. The molecule has 1 spiro atoms. The van der Waals surface area contributed by atoms with Crippen LogP contribution in [0.2, 0.25) is 0 Å². The summed E-state index contributed by atoms with van der Waals surface area (Å²) in [5.74, 6) is 3.58. The molecule has 2 nitrogen and oxygen atoms in total. The first-order chi connectivity index (χ1) is 22.6. The van der Waals surface area contributed by atoms with Crippen molar-refractivity contribution in [1.29, 1.82) is 0 Å². The van der Waals surface area contributed by atoms with Gasteiger partial charge < -0.3 is 9.47 Å². The SMILES string of the molecule is Cc1ccc(Oc2cc(C)c(C)c(-c3cccc4c3-c3ccccc3C43c4cc(C)c(C)cc4Oc4cc(C)c(C)cc43)c2)cc1C. The Morgan fingerprint density at radius 3 is 1.68 bits per heavy atom. The average molecular weight is 613 g/mol. The number of aryl methyl sites for hydroxylation is 7. The van der Waals surface area contributed by atoms with Gasteiger partial charge >= 0.3 is 0 Å². The molecule has 6 aromatic rings. The molecule has 1 aliphatic heterocycles. The molecule has 0 atom stereocenters. The van der Waals surface area contributed by atoms with Gasteiger partial charge in [-0.1, -0.05) is 60.7 Å². The van der Waals surface area contributed by atoms with E-state index in [2.05, 4.69) is 152 Å². The van der Waals surface area contributed by atoms with Gasteiger partial charge in [-0.25, -0.2) is 0 Å². The summed E-state index contributed by atoms with van der Waals surface area (Å²) in [6.45, 7) is 17.5. The Bertz CT molecular complexity index is 2230. The van der Waals surface area contributed by atoms with Crippen LogP contribution in [0.3, 0.4) is 0 Å². The highest BCUT2D eigenvalue weighted by molar-refractivity contribution is 5.97. The third-order valence-electron chi connectivity index (χ3n) is 10.9. The maximum absolute atomic E-state index is 6.79. The first-order valence-electron chi connectivity index (χ1n) is 16.6. The number of rotatable bonds is 3. The Labute approximate surface area is 278 Å². The predicted octanol–water partition coefficient (Wildman–Crippen LogP) is 12.1. The molecule has 0 unspecified atom stereocenters. The van der Waals surface area contributed by atoms with Crippen molar-refractivity contribution in [2.24, 2.45) is 0 Å².